The molecule has 1 heterocycles. The number of imidazole rings is 1. The minimum absolute atomic E-state index is 0.0873. The smallest absolute Gasteiger partial charge is 0.306 e. The average molecular weight is 789 g/mol. The molecule has 0 aromatic carbocycles. The van der Waals surface area contributed by atoms with Crippen LogP contribution in [-0.2, 0) is 35.3 Å². The fourth-order valence-corrected chi connectivity index (χ4v) is 8.50. The van der Waals surface area contributed by atoms with Crippen LogP contribution in [0.25, 0.3) is 0 Å². The molecule has 0 saturated heterocycles. The van der Waals surface area contributed by atoms with Gasteiger partial charge in [0.25, 0.3) is 0 Å². The summed E-state index contributed by atoms with van der Waals surface area (Å²) in [5.41, 5.74) is 0. The lowest BCUT2D eigenvalue weighted by molar-refractivity contribution is -0.143. The van der Waals surface area contributed by atoms with Gasteiger partial charge in [0, 0.05) is 54.4 Å². The van der Waals surface area contributed by atoms with Gasteiger partial charge in [-0.25, -0.2) is 4.98 Å². The van der Waals surface area contributed by atoms with E-state index in [1.54, 1.807) is 47.8 Å². The van der Waals surface area contributed by atoms with Gasteiger partial charge >= 0.3 is 17.9 Å². The summed E-state index contributed by atoms with van der Waals surface area (Å²) in [6, 6.07) is -0.678. The van der Waals surface area contributed by atoms with Gasteiger partial charge in [0.15, 0.2) is 0 Å². The van der Waals surface area contributed by atoms with Gasteiger partial charge in [-0.2, -0.15) is 35.3 Å². The zero-order chi connectivity index (χ0) is 38.2. The largest absolute Gasteiger partial charge is 0.481 e. The van der Waals surface area contributed by atoms with Crippen molar-refractivity contribution in [2.24, 2.45) is 5.92 Å². The zero-order valence-corrected chi connectivity index (χ0v) is 33.8. The topological polar surface area (TPSA) is 177 Å². The Kier molecular flexibility index (Phi) is 29.4. The van der Waals surface area contributed by atoms with Crippen molar-refractivity contribution in [3.05, 3.63) is 18.7 Å². The Bertz CT molecular complexity index is 1110. The van der Waals surface area contributed by atoms with E-state index in [2.05, 4.69) is 29.5 Å². The molecule has 2 unspecified atom stereocenters. The van der Waals surface area contributed by atoms with E-state index in [0.717, 1.165) is 56.7 Å². The highest BCUT2D eigenvalue weighted by molar-refractivity contribution is 8.00. The third kappa shape index (κ3) is 29.1. The average Bonchev–Trinajstić information content (AvgIpc) is 3.61. The van der Waals surface area contributed by atoms with E-state index >= 15 is 0 Å². The number of thioether (sulfide) groups is 3. The Morgan fingerprint density at radius 1 is 0.750 bits per heavy atom. The van der Waals surface area contributed by atoms with Crippen molar-refractivity contribution in [1.82, 2.24) is 20.2 Å². The van der Waals surface area contributed by atoms with E-state index in [0.29, 0.717) is 55.4 Å². The first-order chi connectivity index (χ1) is 25.1. The number of carboxylic acids is 2. The standard InChI is InChI=1S/C37H64N4O8S3/c1-30(2)11-6-4-3-5-9-23-49-36(47)18-27-51-25-15-32(37(48)39-19-10-21-41-22-20-38-29-41)40-33(42)13-8-7-12-31(52-28-17-35(45)46)14-24-50-26-16-34(43)44/h20,22,29-32H,3-19,21,23-28H2,1-2H3,(H,39,48)(H,40,42)(H,43,44)(H,45,46). The normalized spacial score (nSPS) is 12.4. The summed E-state index contributed by atoms with van der Waals surface area (Å²) < 4.78 is 7.33. The summed E-state index contributed by atoms with van der Waals surface area (Å²) in [5.74, 6) is 1.54. The Hall–Kier alpha value is -2.39. The molecule has 15 heteroatoms. The van der Waals surface area contributed by atoms with Crippen molar-refractivity contribution >= 4 is 65.0 Å². The van der Waals surface area contributed by atoms with Crippen LogP contribution in [0.15, 0.2) is 18.7 Å². The van der Waals surface area contributed by atoms with Crippen LogP contribution in [0.5, 0.6) is 0 Å². The lowest BCUT2D eigenvalue weighted by Crippen LogP contribution is -2.47. The molecule has 0 spiro atoms. The van der Waals surface area contributed by atoms with Gasteiger partial charge < -0.3 is 30.2 Å². The van der Waals surface area contributed by atoms with E-state index in [9.17, 15) is 24.0 Å². The fourth-order valence-electron chi connectivity index (χ4n) is 5.21. The Morgan fingerprint density at radius 3 is 2.13 bits per heavy atom. The Morgan fingerprint density at radius 2 is 1.42 bits per heavy atom. The Balaban J connectivity index is 2.45. The van der Waals surface area contributed by atoms with Gasteiger partial charge in [-0.1, -0.05) is 52.4 Å². The van der Waals surface area contributed by atoms with Crippen molar-refractivity contribution in [1.29, 1.82) is 0 Å². The molecule has 0 aliphatic heterocycles. The molecule has 0 aliphatic rings. The molecular formula is C37H64N4O8S3. The first kappa shape index (κ1) is 47.6. The predicted molar refractivity (Wildman–Crippen MR) is 213 cm³/mol. The lowest BCUT2D eigenvalue weighted by Gasteiger charge is -2.19. The zero-order valence-electron chi connectivity index (χ0n) is 31.4. The second-order valence-electron chi connectivity index (χ2n) is 13.3. The van der Waals surface area contributed by atoms with Crippen LogP contribution in [0.1, 0.15) is 117 Å². The van der Waals surface area contributed by atoms with E-state index in [4.69, 9.17) is 14.9 Å². The van der Waals surface area contributed by atoms with Gasteiger partial charge in [-0.15, -0.1) is 0 Å². The van der Waals surface area contributed by atoms with Gasteiger partial charge in [-0.3, -0.25) is 24.0 Å². The second-order valence-corrected chi connectivity index (χ2v) is 17.2. The van der Waals surface area contributed by atoms with E-state index in [1.165, 1.54) is 25.7 Å². The highest BCUT2D eigenvalue weighted by Gasteiger charge is 2.20. The second kappa shape index (κ2) is 32.1. The number of unbranched alkanes of at least 4 members (excludes halogenated alkanes) is 5. The molecule has 1 aromatic rings. The van der Waals surface area contributed by atoms with E-state index < -0.39 is 18.0 Å². The number of esters is 1. The van der Waals surface area contributed by atoms with Gasteiger partial charge in [0.1, 0.15) is 6.04 Å². The molecule has 298 valence electrons. The van der Waals surface area contributed by atoms with Crippen LogP contribution in [0.3, 0.4) is 0 Å². The molecule has 1 rings (SSSR count). The van der Waals surface area contributed by atoms with Crippen molar-refractivity contribution < 1.29 is 38.9 Å². The van der Waals surface area contributed by atoms with E-state index in [1.807, 2.05) is 10.8 Å². The quantitative estimate of drug-likeness (QED) is 0.0426. The van der Waals surface area contributed by atoms with Crippen molar-refractivity contribution in [3.8, 4) is 0 Å². The number of carbonyl (C=O) groups excluding carboxylic acids is 3. The number of carboxylic acid groups (broad SMARTS) is 2. The Labute approximate surface area is 323 Å². The highest BCUT2D eigenvalue weighted by Crippen LogP contribution is 2.24. The van der Waals surface area contributed by atoms with Crippen molar-refractivity contribution in [2.75, 3.05) is 41.9 Å². The summed E-state index contributed by atoms with van der Waals surface area (Å²) in [4.78, 5) is 64.0. The molecule has 2 atom stereocenters. The SMILES string of the molecule is CC(C)CCCCCCCOC(=O)CCSCCC(NC(=O)CCCCC(CCSCCC(=O)O)SCCC(=O)O)C(=O)NCCCn1ccnc1. The van der Waals surface area contributed by atoms with Crippen LogP contribution in [0, 0.1) is 5.92 Å². The molecule has 0 bridgehead atoms. The molecule has 0 saturated carbocycles. The minimum Gasteiger partial charge on any atom is -0.481 e. The predicted octanol–water partition coefficient (Wildman–Crippen LogP) is 6.66. The number of rotatable bonds is 35. The number of aromatic nitrogens is 2. The van der Waals surface area contributed by atoms with Gasteiger partial charge in [-0.05, 0) is 55.9 Å². The first-order valence-electron chi connectivity index (χ1n) is 19.0. The van der Waals surface area contributed by atoms with Crippen molar-refractivity contribution in [2.45, 2.75) is 134 Å². The number of ether oxygens (including phenoxy) is 1. The molecule has 0 fully saturated rings. The molecule has 4 N–H and O–H groups in total. The number of nitrogens with one attached hydrogen (secondary N) is 2. The number of hydrogen-bond donors (Lipinski definition) is 4. The van der Waals surface area contributed by atoms with Crippen LogP contribution in [0.4, 0.5) is 0 Å². The van der Waals surface area contributed by atoms with Crippen LogP contribution in [-0.4, -0.2) is 103 Å². The number of aliphatic carboxylic acids is 2. The number of aryl methyl sites for hydroxylation is 1. The highest BCUT2D eigenvalue weighted by atomic mass is 32.2. The maximum absolute atomic E-state index is 13.1. The van der Waals surface area contributed by atoms with Crippen molar-refractivity contribution in [3.63, 3.8) is 0 Å². The molecule has 0 aliphatic carbocycles. The summed E-state index contributed by atoms with van der Waals surface area (Å²) in [6.07, 6.45) is 17.2. The lowest BCUT2D eigenvalue weighted by atomic mass is 10.0. The fraction of sp³-hybridized carbons (Fsp3) is 0.784. The maximum Gasteiger partial charge on any atom is 0.306 e. The number of hydrogen-bond acceptors (Lipinski definition) is 10. The van der Waals surface area contributed by atoms with Gasteiger partial charge in [0.05, 0.1) is 32.2 Å². The van der Waals surface area contributed by atoms with Crippen LogP contribution >= 0.6 is 35.3 Å². The summed E-state index contributed by atoms with van der Waals surface area (Å²) in [6.45, 7) is 6.14. The maximum atomic E-state index is 13.1. The number of carbonyl (C=O) groups is 5. The van der Waals surface area contributed by atoms with E-state index in [-0.39, 0.29) is 42.3 Å². The molecule has 1 aromatic heterocycles. The molecule has 2 amide bonds. The molecular weight excluding hydrogens is 725 g/mol. The summed E-state index contributed by atoms with van der Waals surface area (Å²) >= 11 is 4.77. The molecule has 12 nitrogen and oxygen atoms in total. The van der Waals surface area contributed by atoms with Gasteiger partial charge in [0.2, 0.25) is 11.8 Å². The molecule has 0 radical (unpaired) electrons. The van der Waals surface area contributed by atoms with Crippen LogP contribution < -0.4 is 10.6 Å². The monoisotopic (exact) mass is 788 g/mol. The third-order valence-electron chi connectivity index (χ3n) is 8.19. The summed E-state index contributed by atoms with van der Waals surface area (Å²) in [7, 11) is 0. The number of amides is 2. The van der Waals surface area contributed by atoms with Crippen LogP contribution in [0.2, 0.25) is 0 Å². The summed E-state index contributed by atoms with van der Waals surface area (Å²) in [5, 5.41) is 24.0. The molecule has 52 heavy (non-hydrogen) atoms. The minimum atomic E-state index is -0.833. The number of nitrogens with zero attached hydrogens (tertiary/aromatic N) is 2. The first-order valence-corrected chi connectivity index (χ1v) is 22.3. The third-order valence-corrected chi connectivity index (χ3v) is 11.6.